The summed E-state index contributed by atoms with van der Waals surface area (Å²) in [6, 6.07) is 14.4. The van der Waals surface area contributed by atoms with E-state index in [0.29, 0.717) is 39.9 Å². The van der Waals surface area contributed by atoms with Crippen molar-refractivity contribution < 1.29 is 18.7 Å². The summed E-state index contributed by atoms with van der Waals surface area (Å²) in [5.41, 5.74) is 3.96. The van der Waals surface area contributed by atoms with Crippen LogP contribution in [0.5, 0.6) is 0 Å². The number of alkyl halides is 2. The number of nitrogens with one attached hydrogen (secondary N) is 1. The molecule has 1 heterocycles. The molecule has 2 aromatic carbocycles. The molecule has 1 fully saturated rings. The first kappa shape index (κ1) is 27.4. The summed E-state index contributed by atoms with van der Waals surface area (Å²) < 4.78 is 27.1. The van der Waals surface area contributed by atoms with E-state index in [1.54, 1.807) is 18.3 Å². The topological polar surface area (TPSA) is 90.2 Å². The van der Waals surface area contributed by atoms with Crippen LogP contribution in [0.2, 0.25) is 5.02 Å². The van der Waals surface area contributed by atoms with Gasteiger partial charge in [-0.15, -0.1) is 10.1 Å². The van der Waals surface area contributed by atoms with Gasteiger partial charge in [0.1, 0.15) is 17.3 Å². The van der Waals surface area contributed by atoms with Crippen molar-refractivity contribution in [2.24, 2.45) is 0 Å². The highest BCUT2D eigenvalue weighted by Crippen LogP contribution is 2.33. The number of rotatable bonds is 7. The second-order valence-electron chi connectivity index (χ2n) is 8.75. The number of halogens is 3. The Morgan fingerprint density at radius 3 is 2.42 bits per heavy atom. The van der Waals surface area contributed by atoms with Crippen LogP contribution in [-0.4, -0.2) is 38.6 Å². The lowest BCUT2D eigenvalue weighted by molar-refractivity contribution is -0.757. The quantitative estimate of drug-likeness (QED) is 0.121. The SMILES string of the molecule is O=[N+]([O-])OCCC#Cc1ccc(-c2nc(C(=S)NC3CCC(F)(F)CC3)cnc2-c2ccc(Cl)cc2)cc1. The third-order valence-electron chi connectivity index (χ3n) is 5.99. The predicted molar refractivity (Wildman–Crippen MR) is 144 cm³/mol. The molecule has 0 bridgehead atoms. The molecule has 0 atom stereocenters. The average molecular weight is 557 g/mol. The first-order valence-corrected chi connectivity index (χ1v) is 12.7. The lowest BCUT2D eigenvalue weighted by atomic mass is 9.92. The van der Waals surface area contributed by atoms with Crippen LogP contribution in [0.25, 0.3) is 22.5 Å². The second-order valence-corrected chi connectivity index (χ2v) is 9.59. The molecule has 1 aliphatic carbocycles. The van der Waals surface area contributed by atoms with E-state index >= 15 is 0 Å². The van der Waals surface area contributed by atoms with Crippen LogP contribution in [0.4, 0.5) is 8.78 Å². The summed E-state index contributed by atoms with van der Waals surface area (Å²) in [5, 5.41) is 13.1. The summed E-state index contributed by atoms with van der Waals surface area (Å²) in [6.07, 6.45) is 2.12. The first-order valence-electron chi connectivity index (χ1n) is 11.9. The van der Waals surface area contributed by atoms with Crippen molar-refractivity contribution in [1.82, 2.24) is 15.3 Å². The van der Waals surface area contributed by atoms with Gasteiger partial charge >= 0.3 is 0 Å². The zero-order chi connectivity index (χ0) is 27.1. The van der Waals surface area contributed by atoms with Gasteiger partial charge in [0, 0.05) is 47.0 Å². The van der Waals surface area contributed by atoms with E-state index in [9.17, 15) is 18.9 Å². The van der Waals surface area contributed by atoms with Crippen LogP contribution in [0.1, 0.15) is 43.4 Å². The van der Waals surface area contributed by atoms with Crippen LogP contribution in [0.3, 0.4) is 0 Å². The molecule has 0 radical (unpaired) electrons. The molecule has 11 heteroatoms. The maximum absolute atomic E-state index is 13.5. The summed E-state index contributed by atoms with van der Waals surface area (Å²) in [7, 11) is 0. The Morgan fingerprint density at radius 2 is 1.76 bits per heavy atom. The van der Waals surface area contributed by atoms with Gasteiger partial charge in [0.15, 0.2) is 0 Å². The largest absolute Gasteiger partial charge is 0.372 e. The first-order chi connectivity index (χ1) is 18.2. The number of aromatic nitrogens is 2. The summed E-state index contributed by atoms with van der Waals surface area (Å²) in [4.78, 5) is 24.3. The van der Waals surface area contributed by atoms with E-state index in [1.165, 1.54) is 0 Å². The van der Waals surface area contributed by atoms with Gasteiger partial charge in [0.2, 0.25) is 5.92 Å². The highest BCUT2D eigenvalue weighted by molar-refractivity contribution is 7.80. The van der Waals surface area contributed by atoms with Gasteiger partial charge in [-0.2, -0.15) is 0 Å². The standard InChI is InChI=1S/C27H23ClF2N4O3S/c28-21-10-8-19(9-11-21)24-25(20-6-4-18(5-7-20)3-1-2-16-37-34(35)36)33-23(17-31-24)26(38)32-22-12-14-27(29,30)15-13-22/h4-11,17,22H,2,12-16H2,(H,32,38). The van der Waals surface area contributed by atoms with E-state index in [4.69, 9.17) is 28.8 Å². The van der Waals surface area contributed by atoms with Gasteiger partial charge < -0.3 is 10.2 Å². The van der Waals surface area contributed by atoms with Gasteiger partial charge in [0.05, 0.1) is 17.6 Å². The molecule has 3 aromatic rings. The Labute approximate surface area is 228 Å². The molecule has 1 N–H and O–H groups in total. The minimum atomic E-state index is -2.62. The van der Waals surface area contributed by atoms with Crippen LogP contribution in [0.15, 0.2) is 54.7 Å². The number of thiocarbonyl (C=S) groups is 1. The molecule has 0 spiro atoms. The van der Waals surface area contributed by atoms with Crippen LogP contribution >= 0.6 is 23.8 Å². The van der Waals surface area contributed by atoms with Gasteiger partial charge in [-0.05, 0) is 37.1 Å². The van der Waals surface area contributed by atoms with Crippen LogP contribution < -0.4 is 5.32 Å². The molecular weight excluding hydrogens is 534 g/mol. The molecule has 4 rings (SSSR count). The van der Waals surface area contributed by atoms with E-state index in [-0.39, 0.29) is 31.9 Å². The lowest BCUT2D eigenvalue weighted by Gasteiger charge is -2.29. The van der Waals surface area contributed by atoms with E-state index < -0.39 is 11.0 Å². The average Bonchev–Trinajstić information content (AvgIpc) is 2.90. The molecule has 0 unspecified atom stereocenters. The van der Waals surface area contributed by atoms with E-state index in [1.807, 2.05) is 36.4 Å². The second kappa shape index (κ2) is 12.2. The molecule has 196 valence electrons. The zero-order valence-corrected chi connectivity index (χ0v) is 21.7. The summed E-state index contributed by atoms with van der Waals surface area (Å²) >= 11 is 11.6. The van der Waals surface area contributed by atoms with Crippen molar-refractivity contribution in [2.45, 2.75) is 44.1 Å². The Bertz CT molecular complexity index is 1370. The van der Waals surface area contributed by atoms with Crippen molar-refractivity contribution in [2.75, 3.05) is 6.61 Å². The zero-order valence-electron chi connectivity index (χ0n) is 20.1. The fourth-order valence-corrected chi connectivity index (χ4v) is 4.40. The Hall–Kier alpha value is -3.68. The van der Waals surface area contributed by atoms with Crippen molar-refractivity contribution in [3.63, 3.8) is 0 Å². The number of nitrogens with zero attached hydrogens (tertiary/aromatic N) is 3. The summed E-state index contributed by atoms with van der Waals surface area (Å²) in [5.74, 6) is 3.16. The molecule has 1 aliphatic rings. The molecule has 1 saturated carbocycles. The maximum Gasteiger partial charge on any atom is 0.294 e. The molecule has 0 saturated heterocycles. The Morgan fingerprint density at radius 1 is 1.13 bits per heavy atom. The molecule has 0 aliphatic heterocycles. The molecule has 0 amide bonds. The predicted octanol–water partition coefficient (Wildman–Crippen LogP) is 6.26. The van der Waals surface area contributed by atoms with E-state index in [2.05, 4.69) is 27.0 Å². The van der Waals surface area contributed by atoms with Gasteiger partial charge in [0.25, 0.3) is 5.09 Å². The molecule has 38 heavy (non-hydrogen) atoms. The molecule has 1 aromatic heterocycles. The minimum Gasteiger partial charge on any atom is -0.372 e. The summed E-state index contributed by atoms with van der Waals surface area (Å²) in [6.45, 7) is -0.0951. The van der Waals surface area contributed by atoms with Gasteiger partial charge in [-0.25, -0.2) is 13.8 Å². The van der Waals surface area contributed by atoms with Crippen molar-refractivity contribution in [3.8, 4) is 34.4 Å². The van der Waals surface area contributed by atoms with Crippen molar-refractivity contribution in [1.29, 1.82) is 0 Å². The van der Waals surface area contributed by atoms with Crippen molar-refractivity contribution in [3.05, 3.63) is 81.1 Å². The Kier molecular flexibility index (Phi) is 8.81. The van der Waals surface area contributed by atoms with Gasteiger partial charge in [-0.1, -0.05) is 59.9 Å². The smallest absolute Gasteiger partial charge is 0.294 e. The third-order valence-corrected chi connectivity index (χ3v) is 6.57. The Balaban J connectivity index is 1.58. The highest BCUT2D eigenvalue weighted by atomic mass is 35.5. The minimum absolute atomic E-state index is 0.0951. The van der Waals surface area contributed by atoms with E-state index in [0.717, 1.165) is 16.7 Å². The van der Waals surface area contributed by atoms with Crippen LogP contribution in [-0.2, 0) is 4.84 Å². The fraction of sp³-hybridized carbons (Fsp3) is 0.296. The van der Waals surface area contributed by atoms with Crippen LogP contribution in [0, 0.1) is 22.0 Å². The highest BCUT2D eigenvalue weighted by Gasteiger charge is 2.35. The van der Waals surface area contributed by atoms with Gasteiger partial charge in [-0.3, -0.25) is 4.98 Å². The maximum atomic E-state index is 13.5. The fourth-order valence-electron chi connectivity index (χ4n) is 4.01. The lowest BCUT2D eigenvalue weighted by Crippen LogP contribution is -2.40. The molecular formula is C27H23ClF2N4O3S. The number of hydrogen-bond acceptors (Lipinski definition) is 6. The number of benzene rings is 2. The normalized spacial score (nSPS) is 14.7. The molecule has 7 nitrogen and oxygen atoms in total. The third kappa shape index (κ3) is 7.43. The number of hydrogen-bond donors (Lipinski definition) is 1. The monoisotopic (exact) mass is 556 g/mol. The van der Waals surface area contributed by atoms with Crippen molar-refractivity contribution >= 4 is 28.8 Å².